The fourth-order valence-corrected chi connectivity index (χ4v) is 8.39. The molecular weight excluding hydrogens is 374 g/mol. The molecule has 0 N–H and O–H groups in total. The number of pyridine rings is 1. The molecule has 1 heteroatoms. The van der Waals surface area contributed by atoms with Crippen LogP contribution in [0.3, 0.4) is 0 Å². The van der Waals surface area contributed by atoms with Crippen LogP contribution in [0.15, 0.2) is 72.6 Å². The summed E-state index contributed by atoms with van der Waals surface area (Å²) in [7, 11) is 0. The minimum atomic E-state index is 0.303. The van der Waals surface area contributed by atoms with Gasteiger partial charge < -0.3 is 0 Å². The van der Waals surface area contributed by atoms with Gasteiger partial charge in [-0.3, -0.25) is 4.98 Å². The largest absolute Gasteiger partial charge is 0.264 e. The summed E-state index contributed by atoms with van der Waals surface area (Å²) >= 11 is 0. The fraction of sp³-hybridized carbons (Fsp3) is 0.500. The van der Waals surface area contributed by atoms with Gasteiger partial charge in [-0.2, -0.15) is 0 Å². The lowest BCUT2D eigenvalue weighted by Gasteiger charge is -2.60. The van der Waals surface area contributed by atoms with Crippen LogP contribution in [0.5, 0.6) is 0 Å². The first-order valence-corrected chi connectivity index (χ1v) is 12.5. The monoisotopic (exact) mass is 409 g/mol. The van der Waals surface area contributed by atoms with E-state index in [1.54, 1.807) is 16.7 Å². The van der Waals surface area contributed by atoms with Gasteiger partial charge >= 0.3 is 0 Å². The van der Waals surface area contributed by atoms with Crippen LogP contribution in [0, 0.1) is 28.6 Å². The Balaban J connectivity index is 1.40. The molecule has 0 saturated heterocycles. The maximum atomic E-state index is 4.45. The Morgan fingerprint density at radius 3 is 2.58 bits per heavy atom. The third kappa shape index (κ3) is 2.85. The molecule has 1 aromatic carbocycles. The maximum absolute atomic E-state index is 4.45. The van der Waals surface area contributed by atoms with E-state index in [0.717, 1.165) is 17.8 Å². The Morgan fingerprint density at radius 2 is 1.77 bits per heavy atom. The smallest absolute Gasteiger partial charge is 0.0343 e. The zero-order chi connectivity index (χ0) is 21.1. The highest BCUT2D eigenvalue weighted by Gasteiger charge is 2.58. The highest BCUT2D eigenvalue weighted by atomic mass is 14.6. The van der Waals surface area contributed by atoms with Crippen LogP contribution in [0.2, 0.25) is 0 Å². The number of hydrogen-bond donors (Lipinski definition) is 0. The van der Waals surface area contributed by atoms with Gasteiger partial charge in [0.15, 0.2) is 0 Å². The molecule has 2 aromatic rings. The molecule has 2 saturated carbocycles. The number of fused-ring (bicyclic) bond motifs is 5. The summed E-state index contributed by atoms with van der Waals surface area (Å²) in [5, 5.41) is 0. The number of aromatic nitrogens is 1. The van der Waals surface area contributed by atoms with Crippen LogP contribution in [0.4, 0.5) is 0 Å². The first-order chi connectivity index (χ1) is 15.1. The van der Waals surface area contributed by atoms with Gasteiger partial charge in [0, 0.05) is 18.3 Å². The average Bonchev–Trinajstić information content (AvgIpc) is 3.17. The Labute approximate surface area is 187 Å². The molecule has 0 bridgehead atoms. The van der Waals surface area contributed by atoms with E-state index in [4.69, 9.17) is 0 Å². The summed E-state index contributed by atoms with van der Waals surface area (Å²) in [6.07, 6.45) is 18.5. The molecule has 0 aliphatic heterocycles. The molecule has 4 aliphatic carbocycles. The number of nitrogens with zero attached hydrogens (tertiary/aromatic N) is 1. The molecule has 2 fully saturated rings. The highest BCUT2D eigenvalue weighted by Crippen LogP contribution is 2.68. The quantitative estimate of drug-likeness (QED) is 0.461. The lowest BCUT2D eigenvalue weighted by Crippen LogP contribution is -2.51. The number of benzene rings is 1. The second-order valence-corrected chi connectivity index (χ2v) is 11.1. The van der Waals surface area contributed by atoms with E-state index in [9.17, 15) is 0 Å². The summed E-state index contributed by atoms with van der Waals surface area (Å²) in [5.41, 5.74) is 6.96. The van der Waals surface area contributed by atoms with Crippen LogP contribution in [-0.4, -0.2) is 4.98 Å². The zero-order valence-electron chi connectivity index (χ0n) is 19.1. The molecule has 6 rings (SSSR count). The van der Waals surface area contributed by atoms with Gasteiger partial charge in [0.05, 0.1) is 0 Å². The molecule has 0 radical (unpaired) electrons. The predicted molar refractivity (Wildman–Crippen MR) is 128 cm³/mol. The van der Waals surface area contributed by atoms with Crippen molar-refractivity contribution in [2.24, 2.45) is 28.6 Å². The van der Waals surface area contributed by atoms with Crippen molar-refractivity contribution in [3.8, 4) is 0 Å². The van der Waals surface area contributed by atoms with E-state index >= 15 is 0 Å². The molecule has 31 heavy (non-hydrogen) atoms. The van der Waals surface area contributed by atoms with Crippen LogP contribution in [-0.2, 0) is 0 Å². The second-order valence-electron chi connectivity index (χ2n) is 11.1. The van der Waals surface area contributed by atoms with Crippen molar-refractivity contribution in [3.05, 3.63) is 83.7 Å². The van der Waals surface area contributed by atoms with E-state index in [1.807, 2.05) is 6.20 Å². The van der Waals surface area contributed by atoms with E-state index in [-0.39, 0.29) is 0 Å². The van der Waals surface area contributed by atoms with Gasteiger partial charge in [-0.25, -0.2) is 0 Å². The minimum Gasteiger partial charge on any atom is -0.264 e. The molecule has 1 aromatic heterocycles. The van der Waals surface area contributed by atoms with Crippen molar-refractivity contribution in [3.63, 3.8) is 0 Å². The zero-order valence-corrected chi connectivity index (χ0v) is 19.1. The van der Waals surface area contributed by atoms with Gasteiger partial charge in [0.2, 0.25) is 0 Å². The van der Waals surface area contributed by atoms with Gasteiger partial charge in [-0.05, 0) is 96.3 Å². The molecule has 0 spiro atoms. The van der Waals surface area contributed by atoms with Gasteiger partial charge in [-0.1, -0.05) is 68.0 Å². The molecular formula is C30H35N. The Bertz CT molecular complexity index is 1020. The number of hydrogen-bond acceptors (Lipinski definition) is 1. The normalized spacial score (nSPS) is 39.0. The number of allylic oxidation sites excluding steroid dienone is 4. The van der Waals surface area contributed by atoms with Crippen LogP contribution in [0.1, 0.15) is 75.8 Å². The first kappa shape index (κ1) is 19.5. The average molecular weight is 410 g/mol. The Morgan fingerprint density at radius 1 is 0.903 bits per heavy atom. The van der Waals surface area contributed by atoms with Crippen LogP contribution in [0.25, 0.3) is 5.57 Å². The van der Waals surface area contributed by atoms with Crippen LogP contribution < -0.4 is 0 Å². The lowest BCUT2D eigenvalue weighted by molar-refractivity contribution is -0.0278. The van der Waals surface area contributed by atoms with Crippen molar-refractivity contribution in [2.45, 2.75) is 64.7 Å². The first-order valence-electron chi connectivity index (χ1n) is 12.5. The van der Waals surface area contributed by atoms with Gasteiger partial charge in [-0.15, -0.1) is 0 Å². The van der Waals surface area contributed by atoms with Crippen LogP contribution >= 0.6 is 0 Å². The summed E-state index contributed by atoms with van der Waals surface area (Å²) in [6.45, 7) is 5.21. The fourth-order valence-electron chi connectivity index (χ4n) is 8.39. The summed E-state index contributed by atoms with van der Waals surface area (Å²) in [6, 6.07) is 15.8. The molecule has 160 valence electrons. The van der Waals surface area contributed by atoms with E-state index in [2.05, 4.69) is 79.6 Å². The molecule has 4 aliphatic rings. The van der Waals surface area contributed by atoms with Gasteiger partial charge in [0.25, 0.3) is 0 Å². The third-order valence-corrected chi connectivity index (χ3v) is 9.82. The lowest BCUT2D eigenvalue weighted by atomic mass is 9.44. The summed E-state index contributed by atoms with van der Waals surface area (Å²) < 4.78 is 0. The highest BCUT2D eigenvalue weighted by molar-refractivity contribution is 5.72. The number of rotatable bonds is 2. The van der Waals surface area contributed by atoms with E-state index in [0.29, 0.717) is 16.7 Å². The van der Waals surface area contributed by atoms with Crippen molar-refractivity contribution in [2.75, 3.05) is 0 Å². The van der Waals surface area contributed by atoms with Crippen molar-refractivity contribution in [1.29, 1.82) is 0 Å². The van der Waals surface area contributed by atoms with E-state index in [1.165, 1.54) is 50.5 Å². The Kier molecular flexibility index (Phi) is 4.53. The predicted octanol–water partition coefficient (Wildman–Crippen LogP) is 7.82. The summed E-state index contributed by atoms with van der Waals surface area (Å²) in [4.78, 5) is 4.45. The molecule has 1 nitrogen and oxygen atoms in total. The minimum absolute atomic E-state index is 0.303. The van der Waals surface area contributed by atoms with Gasteiger partial charge in [0.1, 0.15) is 0 Å². The molecule has 1 heterocycles. The summed E-state index contributed by atoms with van der Waals surface area (Å²) in [5.74, 6) is 3.04. The van der Waals surface area contributed by atoms with Crippen molar-refractivity contribution in [1.82, 2.24) is 4.98 Å². The maximum Gasteiger partial charge on any atom is 0.0343 e. The molecule has 6 atom stereocenters. The second kappa shape index (κ2) is 7.19. The SMILES string of the molecule is C[C@]12CCCC=C1C(c1ccccc1)C[C@@H]1[C@@H]2CC[C@]2(C)C(c3cccnc3)=CC[C@@H]12. The standard InChI is InChI=1S/C30H35N/c1-29-16-7-6-12-26(29)23(21-9-4-3-5-10-21)19-24-27-14-13-25(22-11-8-18-31-20-22)30(27,2)17-15-28(24)29/h3-5,8-13,18,20,23-24,27-28H,6-7,14-17,19H2,1-2H3/t23?,24-,27-,28-,29-,30+/m0/s1. The van der Waals surface area contributed by atoms with E-state index < -0.39 is 0 Å². The molecule has 1 unspecified atom stereocenters. The third-order valence-electron chi connectivity index (χ3n) is 9.82. The van der Waals surface area contributed by atoms with Crippen molar-refractivity contribution < 1.29 is 0 Å². The van der Waals surface area contributed by atoms with Crippen molar-refractivity contribution >= 4 is 5.57 Å². The molecule has 0 amide bonds. The Hall–Kier alpha value is -2.15. The topological polar surface area (TPSA) is 12.9 Å².